The second-order valence-electron chi connectivity index (χ2n) is 5.96. The molecule has 0 fully saturated rings. The number of pyridine rings is 1. The van der Waals surface area contributed by atoms with Crippen LogP contribution in [0.25, 0.3) is 0 Å². The molecule has 0 aliphatic heterocycles. The zero-order valence-electron chi connectivity index (χ0n) is 15.3. The first-order chi connectivity index (χ1) is 12.6. The van der Waals surface area contributed by atoms with Gasteiger partial charge in [0, 0.05) is 32.6 Å². The van der Waals surface area contributed by atoms with Gasteiger partial charge in [0.2, 0.25) is 11.8 Å². The van der Waals surface area contributed by atoms with E-state index in [9.17, 15) is 9.59 Å². The topological polar surface area (TPSA) is 71.5 Å². The summed E-state index contributed by atoms with van der Waals surface area (Å²) in [5.41, 5.74) is 1.91. The summed E-state index contributed by atoms with van der Waals surface area (Å²) < 4.78 is 5.19. The summed E-state index contributed by atoms with van der Waals surface area (Å²) in [5.74, 6) is 0.667. The molecule has 0 spiro atoms. The molecule has 0 aliphatic rings. The van der Waals surface area contributed by atoms with Crippen molar-refractivity contribution in [2.45, 2.75) is 26.3 Å². The van der Waals surface area contributed by atoms with Crippen LogP contribution in [0.15, 0.2) is 48.7 Å². The summed E-state index contributed by atoms with van der Waals surface area (Å²) in [7, 11) is 1.63. The van der Waals surface area contributed by atoms with E-state index in [1.165, 1.54) is 6.92 Å². The Kier molecular flexibility index (Phi) is 7.61. The van der Waals surface area contributed by atoms with Gasteiger partial charge in [-0.05, 0) is 36.2 Å². The van der Waals surface area contributed by atoms with Crippen molar-refractivity contribution in [3.63, 3.8) is 0 Å². The maximum Gasteiger partial charge on any atom is 0.221 e. The summed E-state index contributed by atoms with van der Waals surface area (Å²) in [5, 5.41) is 2.89. The number of carbonyl (C=O) groups is 2. The molecule has 0 saturated carbocycles. The van der Waals surface area contributed by atoms with Crippen molar-refractivity contribution in [2.24, 2.45) is 0 Å². The Morgan fingerprint density at radius 3 is 2.73 bits per heavy atom. The van der Waals surface area contributed by atoms with Crippen molar-refractivity contribution in [1.29, 1.82) is 0 Å². The van der Waals surface area contributed by atoms with Crippen LogP contribution in [-0.4, -0.2) is 41.9 Å². The highest BCUT2D eigenvalue weighted by Gasteiger charge is 2.12. The third-order valence-corrected chi connectivity index (χ3v) is 4.00. The van der Waals surface area contributed by atoms with Crippen LogP contribution < -0.4 is 10.1 Å². The Balaban J connectivity index is 1.74. The number of aromatic nitrogens is 1. The number of ether oxygens (including phenoxy) is 1. The molecule has 0 aliphatic carbocycles. The molecule has 1 heterocycles. The molecule has 1 N–H and O–H groups in total. The standard InChI is InChI=1S/C20H25N3O3/c1-16(24)23(15-18-7-3-4-11-21-18)13-10-20(25)22-12-9-17-6-5-8-19(14-17)26-2/h3-8,11,14H,9-10,12-13,15H2,1-2H3,(H,22,25). The number of nitrogens with zero attached hydrogens (tertiary/aromatic N) is 2. The number of benzene rings is 1. The Morgan fingerprint density at radius 2 is 2.04 bits per heavy atom. The number of hydrogen-bond donors (Lipinski definition) is 1. The number of hydrogen-bond acceptors (Lipinski definition) is 4. The molecule has 2 amide bonds. The molecule has 2 aromatic rings. The first kappa shape index (κ1) is 19.4. The molecule has 2 rings (SSSR count). The number of amides is 2. The van der Waals surface area contributed by atoms with Gasteiger partial charge in [0.1, 0.15) is 5.75 Å². The van der Waals surface area contributed by atoms with Gasteiger partial charge in [-0.25, -0.2) is 0 Å². The fraction of sp³-hybridized carbons (Fsp3) is 0.350. The van der Waals surface area contributed by atoms with E-state index < -0.39 is 0 Å². The van der Waals surface area contributed by atoms with Crippen LogP contribution in [0.1, 0.15) is 24.6 Å². The molecule has 1 aromatic carbocycles. The number of rotatable bonds is 9. The van der Waals surface area contributed by atoms with Crippen LogP contribution in [0.2, 0.25) is 0 Å². The average molecular weight is 355 g/mol. The lowest BCUT2D eigenvalue weighted by Gasteiger charge is -2.20. The third-order valence-electron chi connectivity index (χ3n) is 4.00. The maximum absolute atomic E-state index is 12.0. The van der Waals surface area contributed by atoms with Crippen molar-refractivity contribution in [1.82, 2.24) is 15.2 Å². The quantitative estimate of drug-likeness (QED) is 0.748. The van der Waals surface area contributed by atoms with Crippen LogP contribution in [0.4, 0.5) is 0 Å². The van der Waals surface area contributed by atoms with Gasteiger partial charge in [-0.3, -0.25) is 14.6 Å². The minimum absolute atomic E-state index is 0.0693. The molecule has 1 aromatic heterocycles. The number of nitrogens with one attached hydrogen (secondary N) is 1. The minimum atomic E-state index is -0.0696. The van der Waals surface area contributed by atoms with E-state index in [2.05, 4.69) is 10.3 Å². The largest absolute Gasteiger partial charge is 0.497 e. The zero-order valence-corrected chi connectivity index (χ0v) is 15.3. The van der Waals surface area contributed by atoms with Gasteiger partial charge in [0.05, 0.1) is 19.3 Å². The van der Waals surface area contributed by atoms with Crippen molar-refractivity contribution in [3.05, 3.63) is 59.9 Å². The van der Waals surface area contributed by atoms with Crippen molar-refractivity contribution < 1.29 is 14.3 Å². The fourth-order valence-corrected chi connectivity index (χ4v) is 2.53. The van der Waals surface area contributed by atoms with E-state index in [0.717, 1.165) is 23.4 Å². The van der Waals surface area contributed by atoms with Gasteiger partial charge < -0.3 is 15.0 Å². The van der Waals surface area contributed by atoms with Gasteiger partial charge in [-0.15, -0.1) is 0 Å². The van der Waals surface area contributed by atoms with Gasteiger partial charge in [-0.1, -0.05) is 18.2 Å². The van der Waals surface area contributed by atoms with E-state index in [1.54, 1.807) is 18.2 Å². The van der Waals surface area contributed by atoms with Crippen LogP contribution in [0.3, 0.4) is 0 Å². The molecule has 0 saturated heterocycles. The zero-order chi connectivity index (χ0) is 18.8. The van der Waals surface area contributed by atoms with E-state index in [4.69, 9.17) is 4.74 Å². The molecule has 0 radical (unpaired) electrons. The second kappa shape index (κ2) is 10.2. The minimum Gasteiger partial charge on any atom is -0.497 e. The monoisotopic (exact) mass is 355 g/mol. The van der Waals surface area contributed by atoms with E-state index in [0.29, 0.717) is 19.6 Å². The summed E-state index contributed by atoms with van der Waals surface area (Å²) in [6.45, 7) is 2.83. The lowest BCUT2D eigenvalue weighted by atomic mass is 10.1. The summed E-state index contributed by atoms with van der Waals surface area (Å²) in [6.07, 6.45) is 2.69. The Hall–Kier alpha value is -2.89. The predicted octanol–water partition coefficient (Wildman–Crippen LogP) is 2.19. The van der Waals surface area contributed by atoms with Crippen molar-refractivity contribution in [2.75, 3.05) is 20.2 Å². The molecular formula is C20H25N3O3. The normalized spacial score (nSPS) is 10.2. The highest BCUT2D eigenvalue weighted by atomic mass is 16.5. The van der Waals surface area contributed by atoms with Crippen molar-refractivity contribution >= 4 is 11.8 Å². The number of methoxy groups -OCH3 is 1. The summed E-state index contributed by atoms with van der Waals surface area (Å²) in [4.78, 5) is 29.7. The lowest BCUT2D eigenvalue weighted by Crippen LogP contribution is -2.34. The smallest absolute Gasteiger partial charge is 0.221 e. The Morgan fingerprint density at radius 1 is 1.19 bits per heavy atom. The van der Waals surface area contributed by atoms with Crippen LogP contribution >= 0.6 is 0 Å². The molecule has 0 bridgehead atoms. The van der Waals surface area contributed by atoms with E-state index in [-0.39, 0.29) is 18.2 Å². The van der Waals surface area contributed by atoms with Crippen LogP contribution in [-0.2, 0) is 22.6 Å². The average Bonchev–Trinajstić information content (AvgIpc) is 2.66. The van der Waals surface area contributed by atoms with E-state index >= 15 is 0 Å². The lowest BCUT2D eigenvalue weighted by molar-refractivity contribution is -0.130. The van der Waals surface area contributed by atoms with Gasteiger partial charge >= 0.3 is 0 Å². The van der Waals surface area contributed by atoms with Crippen LogP contribution in [0, 0.1) is 0 Å². The highest BCUT2D eigenvalue weighted by molar-refractivity contribution is 5.78. The molecule has 0 unspecified atom stereocenters. The van der Waals surface area contributed by atoms with Gasteiger partial charge in [-0.2, -0.15) is 0 Å². The molecule has 6 nitrogen and oxygen atoms in total. The van der Waals surface area contributed by atoms with Gasteiger partial charge in [0.15, 0.2) is 0 Å². The molecular weight excluding hydrogens is 330 g/mol. The SMILES string of the molecule is COc1cccc(CCNC(=O)CCN(Cc2ccccn2)C(C)=O)c1. The highest BCUT2D eigenvalue weighted by Crippen LogP contribution is 2.12. The molecule has 6 heteroatoms. The van der Waals surface area contributed by atoms with E-state index in [1.807, 2.05) is 42.5 Å². The Bertz CT molecular complexity index is 719. The maximum atomic E-state index is 12.0. The molecule has 26 heavy (non-hydrogen) atoms. The first-order valence-electron chi connectivity index (χ1n) is 8.63. The van der Waals surface area contributed by atoms with Gasteiger partial charge in [0.25, 0.3) is 0 Å². The second-order valence-corrected chi connectivity index (χ2v) is 5.96. The predicted molar refractivity (Wildman–Crippen MR) is 99.7 cm³/mol. The van der Waals surface area contributed by atoms with Crippen LogP contribution in [0.5, 0.6) is 5.75 Å². The number of carbonyl (C=O) groups excluding carboxylic acids is 2. The first-order valence-corrected chi connectivity index (χ1v) is 8.63. The third kappa shape index (κ3) is 6.55. The summed E-state index contributed by atoms with van der Waals surface area (Å²) >= 11 is 0. The molecule has 138 valence electrons. The summed E-state index contributed by atoms with van der Waals surface area (Å²) in [6, 6.07) is 13.3. The Labute approximate surface area is 154 Å². The molecule has 0 atom stereocenters. The van der Waals surface area contributed by atoms with Crippen molar-refractivity contribution in [3.8, 4) is 5.75 Å². The fourth-order valence-electron chi connectivity index (χ4n) is 2.53.